The van der Waals surface area contributed by atoms with Gasteiger partial charge in [-0.2, -0.15) is 18.3 Å². The van der Waals surface area contributed by atoms with Crippen LogP contribution in [-0.2, 0) is 10.9 Å². The standard InChI is InChI=1S/C25H27F3N4O3/c1-34-18-8-4-6-16(12-18)20-13-22(25(26,27)28)32-23(30-20)19(14-29-32)24(33)35-15-17-7-5-11-31-10-3-2-9-21(17)31/h4,6,8,12-14,17,21H,2-3,5,7,9-11,15H2,1H3/t17-,21+/m1/s1. The highest BCUT2D eigenvalue weighted by atomic mass is 19.4. The molecule has 1 aromatic carbocycles. The lowest BCUT2D eigenvalue weighted by Crippen LogP contribution is -2.49. The average molecular weight is 489 g/mol. The molecule has 0 bridgehead atoms. The summed E-state index contributed by atoms with van der Waals surface area (Å²) in [5.41, 5.74) is -0.812. The van der Waals surface area contributed by atoms with Gasteiger partial charge in [-0.25, -0.2) is 14.3 Å². The van der Waals surface area contributed by atoms with Crippen molar-refractivity contribution in [2.45, 2.75) is 44.3 Å². The van der Waals surface area contributed by atoms with Crippen molar-refractivity contribution in [3.05, 3.63) is 47.8 Å². The predicted octanol–water partition coefficient (Wildman–Crippen LogP) is 4.85. The second-order valence-electron chi connectivity index (χ2n) is 9.15. The first-order valence-corrected chi connectivity index (χ1v) is 11.9. The molecule has 0 unspecified atom stereocenters. The fourth-order valence-corrected chi connectivity index (χ4v) is 5.27. The lowest BCUT2D eigenvalue weighted by Gasteiger charge is -2.44. The van der Waals surface area contributed by atoms with E-state index >= 15 is 0 Å². The summed E-state index contributed by atoms with van der Waals surface area (Å²) in [6, 6.07) is 7.89. The topological polar surface area (TPSA) is 69.0 Å². The zero-order chi connectivity index (χ0) is 24.6. The van der Waals surface area contributed by atoms with Crippen molar-refractivity contribution in [1.82, 2.24) is 19.5 Å². The van der Waals surface area contributed by atoms with E-state index in [2.05, 4.69) is 15.0 Å². The monoisotopic (exact) mass is 488 g/mol. The summed E-state index contributed by atoms with van der Waals surface area (Å²) in [7, 11) is 1.47. The minimum atomic E-state index is -4.70. The molecule has 10 heteroatoms. The van der Waals surface area contributed by atoms with Gasteiger partial charge in [0.1, 0.15) is 11.3 Å². The molecule has 2 fully saturated rings. The molecule has 0 spiro atoms. The molecule has 0 amide bonds. The number of halogens is 3. The Labute approximate surface area is 200 Å². The first kappa shape index (κ1) is 23.6. The molecular weight excluding hydrogens is 461 g/mol. The zero-order valence-electron chi connectivity index (χ0n) is 19.4. The number of fused-ring (bicyclic) bond motifs is 2. The number of hydrogen-bond acceptors (Lipinski definition) is 6. The first-order valence-electron chi connectivity index (χ1n) is 11.9. The number of aromatic nitrogens is 3. The summed E-state index contributed by atoms with van der Waals surface area (Å²) in [5.74, 6) is -0.00709. The molecular formula is C25H27F3N4O3. The Bertz CT molecular complexity index is 1220. The molecule has 2 atom stereocenters. The minimum absolute atomic E-state index is 0.0587. The quantitative estimate of drug-likeness (QED) is 0.479. The van der Waals surface area contributed by atoms with Crippen LogP contribution in [0.5, 0.6) is 5.75 Å². The van der Waals surface area contributed by atoms with E-state index < -0.39 is 17.8 Å². The van der Waals surface area contributed by atoms with Crippen LogP contribution < -0.4 is 4.74 Å². The maximum Gasteiger partial charge on any atom is 0.433 e. The van der Waals surface area contributed by atoms with Crippen molar-refractivity contribution in [2.24, 2.45) is 5.92 Å². The van der Waals surface area contributed by atoms with Gasteiger partial charge in [0.25, 0.3) is 0 Å². The van der Waals surface area contributed by atoms with Gasteiger partial charge in [-0.15, -0.1) is 0 Å². The highest BCUT2D eigenvalue weighted by Crippen LogP contribution is 2.34. The third-order valence-electron chi connectivity index (χ3n) is 7.00. The molecule has 4 heterocycles. The number of piperidine rings is 2. The molecule has 2 aliphatic rings. The molecule has 35 heavy (non-hydrogen) atoms. The number of esters is 1. The molecule has 2 saturated heterocycles. The predicted molar refractivity (Wildman–Crippen MR) is 122 cm³/mol. The molecule has 3 aromatic rings. The molecule has 0 N–H and O–H groups in total. The van der Waals surface area contributed by atoms with E-state index in [9.17, 15) is 18.0 Å². The van der Waals surface area contributed by atoms with Gasteiger partial charge < -0.3 is 9.47 Å². The Hall–Kier alpha value is -3.14. The number of alkyl halides is 3. The van der Waals surface area contributed by atoms with Crippen molar-refractivity contribution in [3.8, 4) is 17.0 Å². The highest BCUT2D eigenvalue weighted by Gasteiger charge is 2.37. The Morgan fingerprint density at radius 3 is 2.77 bits per heavy atom. The van der Waals surface area contributed by atoms with E-state index in [1.165, 1.54) is 13.5 Å². The number of rotatable bonds is 5. The summed E-state index contributed by atoms with van der Waals surface area (Å²) < 4.78 is 53.1. The molecule has 5 rings (SSSR count). The second-order valence-corrected chi connectivity index (χ2v) is 9.15. The van der Waals surface area contributed by atoms with Crippen LogP contribution in [0.25, 0.3) is 16.9 Å². The van der Waals surface area contributed by atoms with Gasteiger partial charge in [0.15, 0.2) is 11.3 Å². The Balaban J connectivity index is 1.45. The third-order valence-corrected chi connectivity index (χ3v) is 7.00. The minimum Gasteiger partial charge on any atom is -0.497 e. The van der Waals surface area contributed by atoms with Crippen molar-refractivity contribution < 1.29 is 27.4 Å². The van der Waals surface area contributed by atoms with Crippen LogP contribution in [-0.4, -0.2) is 58.3 Å². The van der Waals surface area contributed by atoms with Crippen LogP contribution in [0.1, 0.15) is 48.2 Å². The molecule has 7 nitrogen and oxygen atoms in total. The Morgan fingerprint density at radius 1 is 1.14 bits per heavy atom. The third kappa shape index (κ3) is 4.71. The Morgan fingerprint density at radius 2 is 1.97 bits per heavy atom. The van der Waals surface area contributed by atoms with Gasteiger partial charge >= 0.3 is 12.1 Å². The fraction of sp³-hybridized carbons (Fsp3) is 0.480. The van der Waals surface area contributed by atoms with Crippen LogP contribution in [0, 0.1) is 5.92 Å². The lowest BCUT2D eigenvalue weighted by molar-refractivity contribution is -0.142. The van der Waals surface area contributed by atoms with Gasteiger partial charge in [0, 0.05) is 17.5 Å². The summed E-state index contributed by atoms with van der Waals surface area (Å²) in [5, 5.41) is 3.84. The molecule has 186 valence electrons. The summed E-state index contributed by atoms with van der Waals surface area (Å²) in [6.07, 6.45) is 1.86. The summed E-state index contributed by atoms with van der Waals surface area (Å²) >= 11 is 0. The van der Waals surface area contributed by atoms with Crippen molar-refractivity contribution in [3.63, 3.8) is 0 Å². The zero-order valence-corrected chi connectivity index (χ0v) is 19.4. The van der Waals surface area contributed by atoms with Crippen LogP contribution in [0.3, 0.4) is 0 Å². The van der Waals surface area contributed by atoms with E-state index in [0.29, 0.717) is 21.9 Å². The second kappa shape index (κ2) is 9.49. The molecule has 2 aromatic heterocycles. The average Bonchev–Trinajstić information content (AvgIpc) is 3.30. The molecule has 0 radical (unpaired) electrons. The number of methoxy groups -OCH3 is 1. The molecule has 0 saturated carbocycles. The summed E-state index contributed by atoms with van der Waals surface area (Å²) in [6.45, 7) is 2.37. The maximum atomic E-state index is 13.9. The van der Waals surface area contributed by atoms with E-state index in [1.807, 2.05) is 0 Å². The SMILES string of the molecule is COc1cccc(-c2cc(C(F)(F)F)n3ncc(C(=O)OC[C@H]4CCCN5CCCC[C@@H]45)c3n2)c1. The van der Waals surface area contributed by atoms with Gasteiger partial charge in [-0.1, -0.05) is 18.6 Å². The number of hydrogen-bond donors (Lipinski definition) is 0. The van der Waals surface area contributed by atoms with Crippen molar-refractivity contribution in [2.75, 3.05) is 26.8 Å². The Kier molecular flexibility index (Phi) is 6.39. The van der Waals surface area contributed by atoms with Crippen LogP contribution in [0.2, 0.25) is 0 Å². The largest absolute Gasteiger partial charge is 0.497 e. The fourth-order valence-electron chi connectivity index (χ4n) is 5.27. The van der Waals surface area contributed by atoms with Gasteiger partial charge in [-0.3, -0.25) is 4.90 Å². The van der Waals surface area contributed by atoms with Crippen molar-refractivity contribution >= 4 is 11.6 Å². The highest BCUT2D eigenvalue weighted by molar-refractivity contribution is 5.96. The van der Waals surface area contributed by atoms with Gasteiger partial charge in [-0.05, 0) is 57.0 Å². The number of benzene rings is 1. The number of nitrogens with zero attached hydrogens (tertiary/aromatic N) is 4. The number of carbonyl (C=O) groups is 1. The summed E-state index contributed by atoms with van der Waals surface area (Å²) in [4.78, 5) is 19.8. The van der Waals surface area contributed by atoms with E-state index in [1.54, 1.807) is 24.3 Å². The van der Waals surface area contributed by atoms with Crippen LogP contribution in [0.15, 0.2) is 36.5 Å². The van der Waals surface area contributed by atoms with Crippen molar-refractivity contribution in [1.29, 1.82) is 0 Å². The van der Waals surface area contributed by atoms with Gasteiger partial charge in [0.05, 0.1) is 25.6 Å². The maximum absolute atomic E-state index is 13.9. The number of ether oxygens (including phenoxy) is 2. The van der Waals surface area contributed by atoms with E-state index in [0.717, 1.165) is 51.0 Å². The van der Waals surface area contributed by atoms with E-state index in [4.69, 9.17) is 9.47 Å². The van der Waals surface area contributed by atoms with E-state index in [-0.39, 0.29) is 29.4 Å². The van der Waals surface area contributed by atoms with Crippen LogP contribution in [0.4, 0.5) is 13.2 Å². The normalized spacial score (nSPS) is 21.0. The molecule has 2 aliphatic heterocycles. The van der Waals surface area contributed by atoms with Crippen LogP contribution >= 0.6 is 0 Å². The lowest BCUT2D eigenvalue weighted by atomic mass is 9.84. The molecule has 0 aliphatic carbocycles. The smallest absolute Gasteiger partial charge is 0.433 e. The van der Waals surface area contributed by atoms with Gasteiger partial charge in [0.2, 0.25) is 0 Å². The number of carbonyl (C=O) groups excluding carboxylic acids is 1. The first-order chi connectivity index (χ1) is 16.8.